The zero-order chi connectivity index (χ0) is 18.0. The van der Waals surface area contributed by atoms with Crippen LogP contribution in [-0.4, -0.2) is 18.4 Å². The first kappa shape index (κ1) is 17.5. The van der Waals surface area contributed by atoms with Gasteiger partial charge in [0.25, 0.3) is 0 Å². The summed E-state index contributed by atoms with van der Waals surface area (Å²) in [7, 11) is 0. The minimum atomic E-state index is -0.338. The van der Waals surface area contributed by atoms with Gasteiger partial charge in [-0.15, -0.1) is 0 Å². The number of nitrogens with one attached hydrogen (secondary N) is 1. The molecular weight excluding hydrogens is 336 g/mol. The monoisotopic (exact) mass is 356 g/mol. The molecule has 0 unspecified atom stereocenters. The maximum atomic E-state index is 12.5. The van der Waals surface area contributed by atoms with Crippen molar-refractivity contribution in [3.63, 3.8) is 0 Å². The van der Waals surface area contributed by atoms with Crippen LogP contribution < -0.4 is 10.2 Å². The van der Waals surface area contributed by atoms with Gasteiger partial charge in [-0.1, -0.05) is 41.9 Å². The van der Waals surface area contributed by atoms with E-state index in [4.69, 9.17) is 11.6 Å². The first-order valence-corrected chi connectivity index (χ1v) is 8.73. The van der Waals surface area contributed by atoms with Crippen LogP contribution in [0, 0.1) is 19.8 Å². The molecule has 0 aliphatic carbocycles. The van der Waals surface area contributed by atoms with Crippen molar-refractivity contribution in [3.05, 3.63) is 64.2 Å². The Morgan fingerprint density at radius 3 is 2.72 bits per heavy atom. The molecule has 130 valence electrons. The zero-order valence-electron chi connectivity index (χ0n) is 14.4. The van der Waals surface area contributed by atoms with Crippen LogP contribution >= 0.6 is 11.6 Å². The van der Waals surface area contributed by atoms with Gasteiger partial charge in [0.2, 0.25) is 11.8 Å². The third kappa shape index (κ3) is 3.69. The molecule has 2 aromatic rings. The Bertz CT molecular complexity index is 819. The number of benzene rings is 2. The normalized spacial score (nSPS) is 17.0. The van der Waals surface area contributed by atoms with Crippen LogP contribution in [0.1, 0.15) is 23.1 Å². The summed E-state index contributed by atoms with van der Waals surface area (Å²) < 4.78 is 0. The summed E-state index contributed by atoms with van der Waals surface area (Å²) >= 11 is 6.15. The number of carbonyl (C=O) groups excluding carboxylic acids is 2. The molecule has 0 radical (unpaired) electrons. The SMILES string of the molecule is Cc1ccccc1CNC(=O)[C@H]1CC(=O)N(c2cccc(Cl)c2C)C1. The Kier molecular flexibility index (Phi) is 5.09. The quantitative estimate of drug-likeness (QED) is 0.909. The molecule has 25 heavy (non-hydrogen) atoms. The predicted octanol–water partition coefficient (Wildman–Crippen LogP) is 3.63. The van der Waals surface area contributed by atoms with Gasteiger partial charge in [-0.2, -0.15) is 0 Å². The average molecular weight is 357 g/mol. The van der Waals surface area contributed by atoms with Gasteiger partial charge < -0.3 is 10.2 Å². The van der Waals surface area contributed by atoms with Gasteiger partial charge in [0.1, 0.15) is 0 Å². The van der Waals surface area contributed by atoms with Gasteiger partial charge in [-0.25, -0.2) is 0 Å². The number of aryl methyl sites for hydroxylation is 1. The van der Waals surface area contributed by atoms with E-state index >= 15 is 0 Å². The highest BCUT2D eigenvalue weighted by Crippen LogP contribution is 2.31. The largest absolute Gasteiger partial charge is 0.352 e. The van der Waals surface area contributed by atoms with Crippen LogP contribution in [0.15, 0.2) is 42.5 Å². The lowest BCUT2D eigenvalue weighted by molar-refractivity contribution is -0.126. The molecule has 2 amide bonds. The molecule has 5 heteroatoms. The average Bonchev–Trinajstić information content (AvgIpc) is 2.98. The van der Waals surface area contributed by atoms with Crippen molar-refractivity contribution < 1.29 is 9.59 Å². The Labute approximate surface area is 152 Å². The number of rotatable bonds is 4. The van der Waals surface area contributed by atoms with Crippen LogP contribution in [0.3, 0.4) is 0 Å². The van der Waals surface area contributed by atoms with Crippen molar-refractivity contribution in [2.75, 3.05) is 11.4 Å². The molecule has 0 aromatic heterocycles. The number of amides is 2. The molecule has 1 heterocycles. The standard InChI is InChI=1S/C20H21ClN2O2/c1-13-6-3-4-7-15(13)11-22-20(25)16-10-19(24)23(12-16)18-9-5-8-17(21)14(18)2/h3-9,16H,10-12H2,1-2H3,(H,22,25)/t16-/m0/s1. The third-order valence-electron chi connectivity index (χ3n) is 4.74. The van der Waals surface area contributed by atoms with E-state index in [1.165, 1.54) is 0 Å². The minimum absolute atomic E-state index is 0.0404. The van der Waals surface area contributed by atoms with E-state index in [1.807, 2.05) is 50.2 Å². The van der Waals surface area contributed by atoms with E-state index in [0.717, 1.165) is 22.4 Å². The molecular formula is C20H21ClN2O2. The molecule has 1 saturated heterocycles. The van der Waals surface area contributed by atoms with Crippen molar-refractivity contribution in [3.8, 4) is 0 Å². The Hall–Kier alpha value is -2.33. The summed E-state index contributed by atoms with van der Waals surface area (Å²) in [5.74, 6) is -0.463. The van der Waals surface area contributed by atoms with E-state index in [0.29, 0.717) is 18.1 Å². The van der Waals surface area contributed by atoms with Crippen molar-refractivity contribution in [1.29, 1.82) is 0 Å². The van der Waals surface area contributed by atoms with Crippen LogP contribution in [0.4, 0.5) is 5.69 Å². The fraction of sp³-hybridized carbons (Fsp3) is 0.300. The van der Waals surface area contributed by atoms with Gasteiger partial charge >= 0.3 is 0 Å². The number of hydrogen-bond donors (Lipinski definition) is 1. The van der Waals surface area contributed by atoms with Crippen LogP contribution in [0.5, 0.6) is 0 Å². The maximum Gasteiger partial charge on any atom is 0.227 e. The number of hydrogen-bond acceptors (Lipinski definition) is 2. The summed E-state index contributed by atoms with van der Waals surface area (Å²) in [5.41, 5.74) is 3.87. The number of nitrogens with zero attached hydrogens (tertiary/aromatic N) is 1. The Morgan fingerprint density at radius 2 is 1.96 bits per heavy atom. The third-order valence-corrected chi connectivity index (χ3v) is 5.15. The highest BCUT2D eigenvalue weighted by atomic mass is 35.5. The molecule has 0 spiro atoms. The zero-order valence-corrected chi connectivity index (χ0v) is 15.1. The molecule has 0 saturated carbocycles. The molecule has 0 bridgehead atoms. The fourth-order valence-electron chi connectivity index (χ4n) is 3.14. The predicted molar refractivity (Wildman–Crippen MR) is 99.7 cm³/mol. The van der Waals surface area contributed by atoms with Gasteiger partial charge in [0.05, 0.1) is 5.92 Å². The van der Waals surface area contributed by atoms with Crippen molar-refractivity contribution in [2.45, 2.75) is 26.8 Å². The van der Waals surface area contributed by atoms with Gasteiger partial charge in [-0.05, 0) is 42.7 Å². The van der Waals surface area contributed by atoms with Crippen LogP contribution in [0.2, 0.25) is 5.02 Å². The Balaban J connectivity index is 1.67. The molecule has 1 N–H and O–H groups in total. The number of anilines is 1. The van der Waals surface area contributed by atoms with E-state index < -0.39 is 0 Å². The van der Waals surface area contributed by atoms with E-state index in [9.17, 15) is 9.59 Å². The Morgan fingerprint density at radius 1 is 1.20 bits per heavy atom. The summed E-state index contributed by atoms with van der Waals surface area (Å²) in [6.45, 7) is 4.77. The summed E-state index contributed by atoms with van der Waals surface area (Å²) in [6, 6.07) is 13.4. The summed E-state index contributed by atoms with van der Waals surface area (Å²) in [5, 5.41) is 3.58. The lowest BCUT2D eigenvalue weighted by atomic mass is 10.1. The molecule has 1 fully saturated rings. The highest BCUT2D eigenvalue weighted by molar-refractivity contribution is 6.31. The van der Waals surface area contributed by atoms with Crippen LogP contribution in [-0.2, 0) is 16.1 Å². The fourth-order valence-corrected chi connectivity index (χ4v) is 3.31. The molecule has 1 aliphatic rings. The van der Waals surface area contributed by atoms with Crippen LogP contribution in [0.25, 0.3) is 0 Å². The second-order valence-corrected chi connectivity index (χ2v) is 6.84. The lowest BCUT2D eigenvalue weighted by Crippen LogP contribution is -2.33. The van der Waals surface area contributed by atoms with Gasteiger partial charge in [0, 0.05) is 30.2 Å². The molecule has 1 aliphatic heterocycles. The van der Waals surface area contributed by atoms with E-state index in [2.05, 4.69) is 5.32 Å². The van der Waals surface area contributed by atoms with E-state index in [-0.39, 0.29) is 24.2 Å². The van der Waals surface area contributed by atoms with E-state index in [1.54, 1.807) is 11.0 Å². The topological polar surface area (TPSA) is 49.4 Å². The maximum absolute atomic E-state index is 12.5. The highest BCUT2D eigenvalue weighted by Gasteiger charge is 2.35. The summed E-state index contributed by atoms with van der Waals surface area (Å²) in [6.07, 6.45) is 0.228. The molecule has 1 atom stereocenters. The molecule has 4 nitrogen and oxygen atoms in total. The van der Waals surface area contributed by atoms with Crippen molar-refractivity contribution in [2.24, 2.45) is 5.92 Å². The first-order valence-electron chi connectivity index (χ1n) is 8.35. The van der Waals surface area contributed by atoms with Gasteiger partial charge in [0.15, 0.2) is 0 Å². The number of halogens is 1. The summed E-state index contributed by atoms with van der Waals surface area (Å²) in [4.78, 5) is 26.5. The lowest BCUT2D eigenvalue weighted by Gasteiger charge is -2.19. The van der Waals surface area contributed by atoms with Gasteiger partial charge in [-0.3, -0.25) is 9.59 Å². The molecule has 2 aromatic carbocycles. The van der Waals surface area contributed by atoms with Crippen molar-refractivity contribution >= 4 is 29.1 Å². The smallest absolute Gasteiger partial charge is 0.227 e. The first-order chi connectivity index (χ1) is 12.0. The number of carbonyl (C=O) groups is 2. The second kappa shape index (κ2) is 7.28. The minimum Gasteiger partial charge on any atom is -0.352 e. The van der Waals surface area contributed by atoms with Crippen molar-refractivity contribution in [1.82, 2.24) is 5.32 Å². The second-order valence-electron chi connectivity index (χ2n) is 6.43. The molecule has 3 rings (SSSR count).